The molecule has 5 heteroatoms. The molecule has 0 rings (SSSR count). The second-order valence-electron chi connectivity index (χ2n) is 1.22. The normalized spacial score (nSPS) is 6.67. The molecule has 4 N–H and O–H groups in total. The first-order chi connectivity index (χ1) is 2.81. The van der Waals surface area contributed by atoms with Gasteiger partial charge in [-0.3, -0.25) is 5.84 Å². The highest BCUT2D eigenvalue weighted by molar-refractivity contribution is 5.85. The molecule has 0 radical (unpaired) electrons. The maximum absolute atomic E-state index is 5.31. The fourth-order valence-electron chi connectivity index (χ4n) is 0.224. The molecule has 0 unspecified atom stereocenters. The summed E-state index contributed by atoms with van der Waals surface area (Å²) in [7, 11) is 0. The van der Waals surface area contributed by atoms with Crippen molar-refractivity contribution in [3.63, 3.8) is 0 Å². The first kappa shape index (κ1) is 22.7. The van der Waals surface area contributed by atoms with E-state index in [1.807, 2.05) is 13.8 Å². The van der Waals surface area contributed by atoms with E-state index in [0.29, 0.717) is 0 Å². The van der Waals surface area contributed by atoms with Crippen molar-refractivity contribution >= 4 is 24.8 Å². The van der Waals surface area contributed by atoms with Gasteiger partial charge in [-0.2, -0.15) is 0 Å². The van der Waals surface area contributed by atoms with E-state index in [4.69, 9.17) is 5.84 Å². The molecule has 0 aliphatic carbocycles. The Balaban J connectivity index is -0.0000000417. The molecular formula is C4H16Cl2N2O. The highest BCUT2D eigenvalue weighted by Crippen LogP contribution is 1.68. The number of rotatable bonds is 2. The van der Waals surface area contributed by atoms with E-state index in [2.05, 4.69) is 0 Å². The van der Waals surface area contributed by atoms with Gasteiger partial charge in [0.2, 0.25) is 0 Å². The molecule has 0 aromatic rings. The third-order valence-corrected chi connectivity index (χ3v) is 0.812. The van der Waals surface area contributed by atoms with Crippen molar-refractivity contribution in [3.05, 3.63) is 0 Å². The Bertz CT molecular complexity index is 35.7. The van der Waals surface area contributed by atoms with Crippen LogP contribution in [-0.4, -0.2) is 23.6 Å². The summed E-state index contributed by atoms with van der Waals surface area (Å²) in [6, 6.07) is 0. The predicted molar refractivity (Wildman–Crippen MR) is 45.2 cm³/mol. The van der Waals surface area contributed by atoms with E-state index in [-0.39, 0.29) is 30.3 Å². The van der Waals surface area contributed by atoms with E-state index in [1.54, 1.807) is 5.01 Å². The minimum Gasteiger partial charge on any atom is -0.412 e. The quantitative estimate of drug-likeness (QED) is 0.486. The van der Waals surface area contributed by atoms with E-state index >= 15 is 0 Å². The summed E-state index contributed by atoms with van der Waals surface area (Å²) >= 11 is 0. The Hall–Kier alpha value is 0.460. The van der Waals surface area contributed by atoms with Gasteiger partial charge in [-0.05, 0) is 0 Å². The lowest BCUT2D eigenvalue weighted by atomic mass is 10.6. The van der Waals surface area contributed by atoms with Crippen molar-refractivity contribution in [2.45, 2.75) is 13.8 Å². The van der Waals surface area contributed by atoms with E-state index < -0.39 is 0 Å². The van der Waals surface area contributed by atoms with Crippen molar-refractivity contribution in [2.75, 3.05) is 13.1 Å². The predicted octanol–water partition coefficient (Wildman–Crippen LogP) is 0.221. The molecule has 0 spiro atoms. The van der Waals surface area contributed by atoms with Gasteiger partial charge in [0.1, 0.15) is 0 Å². The summed E-state index contributed by atoms with van der Waals surface area (Å²) in [6.07, 6.45) is 0. The molecule has 0 aromatic heterocycles. The van der Waals surface area contributed by atoms with Crippen LogP contribution in [0.4, 0.5) is 0 Å². The third-order valence-electron chi connectivity index (χ3n) is 0.812. The van der Waals surface area contributed by atoms with Crippen molar-refractivity contribution in [1.29, 1.82) is 0 Å². The zero-order chi connectivity index (χ0) is 4.99. The Morgan fingerprint density at radius 1 is 1.11 bits per heavy atom. The van der Waals surface area contributed by atoms with Crippen LogP contribution in [0.5, 0.6) is 0 Å². The maximum Gasteiger partial charge on any atom is 0.00996 e. The number of hydrazine groups is 1. The summed E-state index contributed by atoms with van der Waals surface area (Å²) in [6.45, 7) is 5.94. The molecule has 0 heterocycles. The van der Waals surface area contributed by atoms with E-state index in [9.17, 15) is 0 Å². The summed E-state index contributed by atoms with van der Waals surface area (Å²) in [5, 5.41) is 1.75. The van der Waals surface area contributed by atoms with Gasteiger partial charge in [-0.15, -0.1) is 24.8 Å². The first-order valence-corrected chi connectivity index (χ1v) is 2.30. The largest absolute Gasteiger partial charge is 0.412 e. The van der Waals surface area contributed by atoms with Crippen molar-refractivity contribution in [2.24, 2.45) is 5.84 Å². The Morgan fingerprint density at radius 3 is 1.33 bits per heavy atom. The van der Waals surface area contributed by atoms with Gasteiger partial charge in [0.25, 0.3) is 0 Å². The average molecular weight is 179 g/mol. The fraction of sp³-hybridized carbons (Fsp3) is 1.00. The molecule has 0 aromatic carbocycles. The van der Waals surface area contributed by atoms with Crippen LogP contribution in [0.3, 0.4) is 0 Å². The van der Waals surface area contributed by atoms with Gasteiger partial charge in [0, 0.05) is 13.1 Å². The van der Waals surface area contributed by atoms with Crippen LogP contribution in [0.15, 0.2) is 0 Å². The molecule has 0 fully saturated rings. The average Bonchev–Trinajstić information content (AvgIpc) is 1.65. The number of nitrogens with two attached hydrogens (primary N) is 1. The summed E-state index contributed by atoms with van der Waals surface area (Å²) < 4.78 is 0. The molecule has 0 aliphatic rings. The molecule has 0 aliphatic heterocycles. The smallest absolute Gasteiger partial charge is 0.00996 e. The zero-order valence-corrected chi connectivity index (χ0v) is 7.39. The van der Waals surface area contributed by atoms with Gasteiger partial charge < -0.3 is 5.48 Å². The van der Waals surface area contributed by atoms with Crippen LogP contribution in [0.2, 0.25) is 0 Å². The van der Waals surface area contributed by atoms with Crippen LogP contribution in [-0.2, 0) is 0 Å². The van der Waals surface area contributed by atoms with Crippen LogP contribution in [0.1, 0.15) is 13.8 Å². The van der Waals surface area contributed by atoms with Gasteiger partial charge in [0.05, 0.1) is 0 Å². The van der Waals surface area contributed by atoms with Gasteiger partial charge in [-0.25, -0.2) is 5.01 Å². The van der Waals surface area contributed by atoms with Crippen molar-refractivity contribution in [3.8, 4) is 0 Å². The molecule has 0 atom stereocenters. The second kappa shape index (κ2) is 15.8. The number of hydrogen-bond acceptors (Lipinski definition) is 2. The SMILES string of the molecule is CCN(N)CC.Cl.Cl.O. The highest BCUT2D eigenvalue weighted by Gasteiger charge is 1.82. The molecular weight excluding hydrogens is 163 g/mol. The summed E-state index contributed by atoms with van der Waals surface area (Å²) in [5.74, 6) is 5.31. The zero-order valence-electron chi connectivity index (χ0n) is 5.76. The molecule has 0 amide bonds. The van der Waals surface area contributed by atoms with Crippen molar-refractivity contribution in [1.82, 2.24) is 5.01 Å². The van der Waals surface area contributed by atoms with Crippen LogP contribution in [0, 0.1) is 0 Å². The Morgan fingerprint density at radius 2 is 1.33 bits per heavy atom. The number of nitrogens with zero attached hydrogens (tertiary/aromatic N) is 1. The van der Waals surface area contributed by atoms with E-state index in [1.165, 1.54) is 0 Å². The fourth-order valence-corrected chi connectivity index (χ4v) is 0.224. The van der Waals surface area contributed by atoms with Crippen LogP contribution >= 0.6 is 24.8 Å². The maximum atomic E-state index is 5.31. The monoisotopic (exact) mass is 178 g/mol. The summed E-state index contributed by atoms with van der Waals surface area (Å²) in [4.78, 5) is 0. The third kappa shape index (κ3) is 17.7. The topological polar surface area (TPSA) is 60.8 Å². The van der Waals surface area contributed by atoms with E-state index in [0.717, 1.165) is 13.1 Å². The lowest BCUT2D eigenvalue weighted by Crippen LogP contribution is -2.29. The molecule has 3 nitrogen and oxygen atoms in total. The molecule has 0 saturated carbocycles. The molecule has 9 heavy (non-hydrogen) atoms. The minimum absolute atomic E-state index is 0. The molecule has 0 bridgehead atoms. The Kier molecular flexibility index (Phi) is 39.9. The summed E-state index contributed by atoms with van der Waals surface area (Å²) in [5.41, 5.74) is 0. The highest BCUT2D eigenvalue weighted by atomic mass is 35.5. The lowest BCUT2D eigenvalue weighted by molar-refractivity contribution is 0.316. The number of halogens is 2. The molecule has 0 saturated heterocycles. The Labute approximate surface area is 68.7 Å². The standard InChI is InChI=1S/C4H12N2.2ClH.H2O/c1-3-6(5)4-2;;;/h3-5H2,1-2H3;2*1H;1H2. The number of hydrogen-bond donors (Lipinski definition) is 1. The van der Waals surface area contributed by atoms with Crippen molar-refractivity contribution < 1.29 is 5.48 Å². The van der Waals surface area contributed by atoms with Gasteiger partial charge in [-0.1, -0.05) is 13.8 Å². The lowest BCUT2D eigenvalue weighted by Gasteiger charge is -2.07. The second-order valence-corrected chi connectivity index (χ2v) is 1.22. The molecule has 62 valence electrons. The minimum atomic E-state index is 0. The van der Waals surface area contributed by atoms with Gasteiger partial charge in [0.15, 0.2) is 0 Å². The first-order valence-electron chi connectivity index (χ1n) is 2.30. The van der Waals surface area contributed by atoms with Gasteiger partial charge >= 0.3 is 0 Å². The van der Waals surface area contributed by atoms with Crippen LogP contribution in [0.25, 0.3) is 0 Å². The van der Waals surface area contributed by atoms with Crippen LogP contribution < -0.4 is 5.84 Å².